The molecule has 0 unspecified atom stereocenters. The second-order valence-corrected chi connectivity index (χ2v) is 5.40. The normalized spacial score (nSPS) is 16.6. The lowest BCUT2D eigenvalue weighted by molar-refractivity contribution is 0.0921. The number of rotatable bonds is 4. The van der Waals surface area contributed by atoms with Crippen LogP contribution in [0.1, 0.15) is 36.0 Å². The number of ether oxygens (including phenoxy) is 1. The van der Waals surface area contributed by atoms with Crippen molar-refractivity contribution in [1.29, 1.82) is 0 Å². The molecule has 0 heterocycles. The number of phenolic OH excluding ortho intramolecular Hbond substituents is 1. The maximum absolute atomic E-state index is 12.4. The molecule has 0 bridgehead atoms. The van der Waals surface area contributed by atoms with Crippen molar-refractivity contribution in [2.75, 3.05) is 7.11 Å². The van der Waals surface area contributed by atoms with Crippen LogP contribution in [0.5, 0.6) is 11.5 Å². The fourth-order valence-electron chi connectivity index (χ4n) is 2.57. The number of carbonyl (C=O) groups excluding carboxylic acids is 1. The molecule has 1 fully saturated rings. The van der Waals surface area contributed by atoms with E-state index in [0.29, 0.717) is 4.99 Å². The van der Waals surface area contributed by atoms with Crippen LogP contribution in [0, 0.1) is 0 Å². The smallest absolute Gasteiger partial charge is 0.255 e. The summed E-state index contributed by atoms with van der Waals surface area (Å²) in [5, 5.41) is 12.9. The summed E-state index contributed by atoms with van der Waals surface area (Å²) in [6.07, 6.45) is 3.42. The Morgan fingerprint density at radius 2 is 2.10 bits per heavy atom. The van der Waals surface area contributed by atoms with Gasteiger partial charge in [0.05, 0.1) is 23.2 Å². The number of methoxy groups -OCH3 is 1. The Bertz CT molecular complexity index is 539. The number of aromatic hydroxyl groups is 1. The van der Waals surface area contributed by atoms with Crippen LogP contribution in [0.15, 0.2) is 18.2 Å². The molecule has 108 valence electrons. The zero-order valence-electron chi connectivity index (χ0n) is 11.3. The van der Waals surface area contributed by atoms with Gasteiger partial charge in [-0.3, -0.25) is 4.79 Å². The molecule has 5 nitrogen and oxygen atoms in total. The van der Waals surface area contributed by atoms with Gasteiger partial charge in [-0.15, -0.1) is 0 Å². The average molecular weight is 294 g/mol. The highest BCUT2D eigenvalue weighted by Gasteiger charge is 2.38. The van der Waals surface area contributed by atoms with Gasteiger partial charge in [-0.25, -0.2) is 0 Å². The highest BCUT2D eigenvalue weighted by Crippen LogP contribution is 2.33. The van der Waals surface area contributed by atoms with Crippen LogP contribution in [-0.2, 0) is 0 Å². The van der Waals surface area contributed by atoms with Gasteiger partial charge in [0.25, 0.3) is 5.91 Å². The molecule has 6 heteroatoms. The van der Waals surface area contributed by atoms with Crippen molar-refractivity contribution >= 4 is 23.1 Å². The number of amides is 1. The Balaban J connectivity index is 2.26. The summed E-state index contributed by atoms with van der Waals surface area (Å²) < 4.78 is 5.00. The fourth-order valence-corrected chi connectivity index (χ4v) is 2.82. The predicted molar refractivity (Wildman–Crippen MR) is 80.1 cm³/mol. The largest absolute Gasteiger partial charge is 0.504 e. The first-order valence-corrected chi connectivity index (χ1v) is 6.89. The lowest BCUT2D eigenvalue weighted by Crippen LogP contribution is -2.54. The van der Waals surface area contributed by atoms with E-state index in [0.717, 1.165) is 25.7 Å². The van der Waals surface area contributed by atoms with E-state index in [1.807, 2.05) is 0 Å². The van der Waals surface area contributed by atoms with Gasteiger partial charge < -0.3 is 20.9 Å². The quantitative estimate of drug-likeness (QED) is 0.736. The summed E-state index contributed by atoms with van der Waals surface area (Å²) in [5.41, 5.74) is 5.30. The van der Waals surface area contributed by atoms with Gasteiger partial charge in [0.2, 0.25) is 0 Å². The lowest BCUT2D eigenvalue weighted by Gasteiger charge is -2.29. The van der Waals surface area contributed by atoms with Gasteiger partial charge in [0.15, 0.2) is 11.5 Å². The van der Waals surface area contributed by atoms with Crippen molar-refractivity contribution in [3.63, 3.8) is 0 Å². The van der Waals surface area contributed by atoms with Crippen molar-refractivity contribution in [3.05, 3.63) is 23.8 Å². The van der Waals surface area contributed by atoms with E-state index in [2.05, 4.69) is 5.32 Å². The highest BCUT2D eigenvalue weighted by molar-refractivity contribution is 7.80. The van der Waals surface area contributed by atoms with Gasteiger partial charge in [-0.1, -0.05) is 31.1 Å². The van der Waals surface area contributed by atoms with Crippen molar-refractivity contribution in [1.82, 2.24) is 5.32 Å². The van der Waals surface area contributed by atoms with Crippen LogP contribution in [-0.4, -0.2) is 28.7 Å². The number of nitrogens with two attached hydrogens (primary N) is 1. The molecule has 0 aromatic heterocycles. The standard InChI is InChI=1S/C14H18N2O3S/c1-19-10-6-4-5-9(11(10)17)12(18)16-14(13(15)20)7-2-3-8-14/h4-6,17H,2-3,7-8H2,1H3,(H2,15,20)(H,16,18). The number of para-hydroxylation sites is 1. The molecule has 20 heavy (non-hydrogen) atoms. The number of nitrogens with one attached hydrogen (secondary N) is 1. The van der Waals surface area contributed by atoms with Crippen LogP contribution in [0.25, 0.3) is 0 Å². The van der Waals surface area contributed by atoms with Crippen molar-refractivity contribution in [2.24, 2.45) is 5.73 Å². The fraction of sp³-hybridized carbons (Fsp3) is 0.429. The number of phenols is 1. The molecule has 1 aromatic rings. The molecule has 1 aromatic carbocycles. The molecule has 2 rings (SSSR count). The van der Waals surface area contributed by atoms with Gasteiger partial charge >= 0.3 is 0 Å². The molecule has 4 N–H and O–H groups in total. The molecule has 1 aliphatic rings. The molecule has 0 atom stereocenters. The first-order valence-electron chi connectivity index (χ1n) is 6.48. The van der Waals surface area contributed by atoms with E-state index < -0.39 is 11.4 Å². The zero-order chi connectivity index (χ0) is 14.8. The first kappa shape index (κ1) is 14.6. The van der Waals surface area contributed by atoms with Crippen molar-refractivity contribution in [3.8, 4) is 11.5 Å². The molecular weight excluding hydrogens is 276 g/mol. The van der Waals surface area contributed by atoms with Gasteiger partial charge in [0.1, 0.15) is 0 Å². The van der Waals surface area contributed by atoms with E-state index in [1.165, 1.54) is 13.2 Å². The van der Waals surface area contributed by atoms with E-state index >= 15 is 0 Å². The minimum absolute atomic E-state index is 0.159. The average Bonchev–Trinajstić information content (AvgIpc) is 2.88. The Morgan fingerprint density at radius 3 is 2.65 bits per heavy atom. The van der Waals surface area contributed by atoms with Crippen LogP contribution in [0.2, 0.25) is 0 Å². The van der Waals surface area contributed by atoms with E-state index in [9.17, 15) is 9.90 Å². The summed E-state index contributed by atoms with van der Waals surface area (Å²) in [7, 11) is 1.43. The molecule has 0 spiro atoms. The van der Waals surface area contributed by atoms with Crippen LogP contribution < -0.4 is 15.8 Å². The van der Waals surface area contributed by atoms with E-state index in [-0.39, 0.29) is 17.1 Å². The molecule has 0 saturated heterocycles. The summed E-state index contributed by atoms with van der Waals surface area (Å²) in [6.45, 7) is 0. The van der Waals surface area contributed by atoms with E-state index in [4.69, 9.17) is 22.7 Å². The Kier molecular flexibility index (Phi) is 4.13. The van der Waals surface area contributed by atoms with Crippen LogP contribution >= 0.6 is 12.2 Å². The SMILES string of the molecule is COc1cccc(C(=O)NC2(C(N)=S)CCCC2)c1O. The molecule has 1 saturated carbocycles. The summed E-state index contributed by atoms with van der Waals surface area (Å²) in [5.74, 6) is -0.312. The monoisotopic (exact) mass is 294 g/mol. The first-order chi connectivity index (χ1) is 9.50. The molecule has 1 amide bonds. The topological polar surface area (TPSA) is 84.6 Å². The highest BCUT2D eigenvalue weighted by atomic mass is 32.1. The number of hydrogen-bond donors (Lipinski definition) is 3. The minimum atomic E-state index is -0.637. The third kappa shape index (κ3) is 2.56. The third-order valence-corrected chi connectivity index (χ3v) is 4.14. The molecule has 0 aliphatic heterocycles. The maximum atomic E-state index is 12.4. The van der Waals surface area contributed by atoms with Gasteiger partial charge in [-0.2, -0.15) is 0 Å². The second-order valence-electron chi connectivity index (χ2n) is 4.96. The Labute approximate surface area is 123 Å². The van der Waals surface area contributed by atoms with Gasteiger partial charge in [0, 0.05) is 0 Å². The number of thiocarbonyl (C=S) groups is 1. The third-order valence-electron chi connectivity index (χ3n) is 3.75. The predicted octanol–water partition coefficient (Wildman–Crippen LogP) is 1.73. The van der Waals surface area contributed by atoms with Crippen molar-refractivity contribution < 1.29 is 14.6 Å². The maximum Gasteiger partial charge on any atom is 0.255 e. The van der Waals surface area contributed by atoms with Crippen LogP contribution in [0.4, 0.5) is 0 Å². The molecular formula is C14H18N2O3S. The van der Waals surface area contributed by atoms with Crippen molar-refractivity contribution in [2.45, 2.75) is 31.2 Å². The Morgan fingerprint density at radius 1 is 1.45 bits per heavy atom. The van der Waals surface area contributed by atoms with E-state index in [1.54, 1.807) is 12.1 Å². The number of hydrogen-bond acceptors (Lipinski definition) is 4. The number of carbonyl (C=O) groups is 1. The summed E-state index contributed by atoms with van der Waals surface area (Å²) >= 11 is 5.09. The number of benzene rings is 1. The van der Waals surface area contributed by atoms with Gasteiger partial charge in [-0.05, 0) is 25.0 Å². The zero-order valence-corrected chi connectivity index (χ0v) is 12.1. The Hall–Kier alpha value is -1.82. The second kappa shape index (κ2) is 5.66. The van der Waals surface area contributed by atoms with Crippen LogP contribution in [0.3, 0.4) is 0 Å². The molecule has 1 aliphatic carbocycles. The molecule has 0 radical (unpaired) electrons. The minimum Gasteiger partial charge on any atom is -0.504 e. The summed E-state index contributed by atoms with van der Waals surface area (Å²) in [4.78, 5) is 12.7. The summed E-state index contributed by atoms with van der Waals surface area (Å²) in [6, 6.07) is 4.77. The lowest BCUT2D eigenvalue weighted by atomic mass is 9.96.